The van der Waals surface area contributed by atoms with E-state index in [1.165, 1.54) is 29.3 Å². The van der Waals surface area contributed by atoms with E-state index in [1.807, 2.05) is 48.5 Å². The van der Waals surface area contributed by atoms with Gasteiger partial charge in [-0.2, -0.15) is 0 Å². The number of fused-ring (bicyclic) bond motifs is 2. The summed E-state index contributed by atoms with van der Waals surface area (Å²) in [6, 6.07) is 20.1. The van der Waals surface area contributed by atoms with Gasteiger partial charge in [-0.05, 0) is 65.4 Å². The molecule has 4 nitrogen and oxygen atoms in total. The topological polar surface area (TPSA) is 55.4 Å². The lowest BCUT2D eigenvalue weighted by Gasteiger charge is -2.08. The molecule has 0 saturated heterocycles. The molecule has 142 valence electrons. The third-order valence-electron chi connectivity index (χ3n) is 4.82. The normalized spacial score (nSPS) is 12.6. The molecular weight excluding hydrogens is 370 g/mol. The van der Waals surface area contributed by atoms with Crippen LogP contribution in [0, 0.1) is 0 Å². The highest BCUT2D eigenvalue weighted by Gasteiger charge is 2.13. The van der Waals surface area contributed by atoms with Crippen molar-refractivity contribution in [3.63, 3.8) is 0 Å². The number of benzene rings is 3. The Kier molecular flexibility index (Phi) is 5.63. The SMILES string of the molecule is O=C(COC(=O)CSc1ccc2ccccc2c1)Nc1ccc2c(c1)CCC2. The number of ether oxygens (including phenoxy) is 1. The summed E-state index contributed by atoms with van der Waals surface area (Å²) in [5.74, 6) is -0.547. The predicted octanol–water partition coefficient (Wildman–Crippen LogP) is 4.60. The molecule has 0 unspecified atom stereocenters. The number of aryl methyl sites for hydroxylation is 2. The summed E-state index contributed by atoms with van der Waals surface area (Å²) in [6.45, 7) is -0.270. The van der Waals surface area contributed by atoms with Crippen molar-refractivity contribution in [2.75, 3.05) is 17.7 Å². The molecule has 0 aromatic heterocycles. The molecule has 1 amide bonds. The van der Waals surface area contributed by atoms with Gasteiger partial charge in [-0.3, -0.25) is 9.59 Å². The number of anilines is 1. The highest BCUT2D eigenvalue weighted by Crippen LogP contribution is 2.25. The van der Waals surface area contributed by atoms with Gasteiger partial charge in [-0.1, -0.05) is 36.4 Å². The van der Waals surface area contributed by atoms with E-state index >= 15 is 0 Å². The molecule has 1 aliphatic carbocycles. The van der Waals surface area contributed by atoms with Crippen molar-refractivity contribution in [3.05, 3.63) is 71.8 Å². The van der Waals surface area contributed by atoms with Gasteiger partial charge in [0.05, 0.1) is 5.75 Å². The Morgan fingerprint density at radius 1 is 0.929 bits per heavy atom. The molecule has 4 rings (SSSR count). The molecule has 0 radical (unpaired) electrons. The summed E-state index contributed by atoms with van der Waals surface area (Å²) in [5, 5.41) is 5.10. The quantitative estimate of drug-likeness (QED) is 0.493. The van der Waals surface area contributed by atoms with Crippen molar-refractivity contribution in [2.45, 2.75) is 24.2 Å². The Labute approximate surface area is 168 Å². The summed E-state index contributed by atoms with van der Waals surface area (Å²) in [7, 11) is 0. The molecule has 0 bridgehead atoms. The molecule has 28 heavy (non-hydrogen) atoms. The first-order chi connectivity index (χ1) is 13.7. The molecule has 0 aliphatic heterocycles. The van der Waals surface area contributed by atoms with Crippen LogP contribution in [0.3, 0.4) is 0 Å². The van der Waals surface area contributed by atoms with Crippen LogP contribution in [0.1, 0.15) is 17.5 Å². The van der Waals surface area contributed by atoms with Gasteiger partial charge < -0.3 is 10.1 Å². The highest BCUT2D eigenvalue weighted by molar-refractivity contribution is 8.00. The lowest BCUT2D eigenvalue weighted by molar-refractivity contribution is -0.144. The highest BCUT2D eigenvalue weighted by atomic mass is 32.2. The number of hydrogen-bond acceptors (Lipinski definition) is 4. The van der Waals surface area contributed by atoms with E-state index in [2.05, 4.69) is 17.4 Å². The van der Waals surface area contributed by atoms with Crippen molar-refractivity contribution in [3.8, 4) is 0 Å². The molecular formula is C23H21NO3S. The molecule has 0 atom stereocenters. The molecule has 0 heterocycles. The first-order valence-electron chi connectivity index (χ1n) is 9.36. The zero-order chi connectivity index (χ0) is 19.3. The van der Waals surface area contributed by atoms with Gasteiger partial charge in [-0.25, -0.2) is 0 Å². The lowest BCUT2D eigenvalue weighted by Crippen LogP contribution is -2.21. The number of hydrogen-bond donors (Lipinski definition) is 1. The minimum Gasteiger partial charge on any atom is -0.455 e. The molecule has 5 heteroatoms. The fourth-order valence-corrected chi connectivity index (χ4v) is 4.18. The van der Waals surface area contributed by atoms with Gasteiger partial charge in [0, 0.05) is 10.6 Å². The minimum absolute atomic E-state index is 0.171. The van der Waals surface area contributed by atoms with E-state index in [4.69, 9.17) is 4.74 Å². The number of thioether (sulfide) groups is 1. The summed E-state index contributed by atoms with van der Waals surface area (Å²) in [6.07, 6.45) is 3.33. The smallest absolute Gasteiger partial charge is 0.316 e. The van der Waals surface area contributed by atoms with E-state index in [1.54, 1.807) is 0 Å². The second kappa shape index (κ2) is 8.48. The maximum atomic E-state index is 12.0. The van der Waals surface area contributed by atoms with Crippen molar-refractivity contribution >= 4 is 40.1 Å². The van der Waals surface area contributed by atoms with Crippen LogP contribution >= 0.6 is 11.8 Å². The standard InChI is InChI=1S/C23H21NO3S/c25-22(24-20-10-8-17-6-3-7-18(17)12-20)14-27-23(26)15-28-21-11-9-16-4-1-2-5-19(16)13-21/h1-2,4-5,8-13H,3,6-7,14-15H2,(H,24,25). The third kappa shape index (κ3) is 4.54. The summed E-state index contributed by atoms with van der Waals surface area (Å²) in [4.78, 5) is 25.0. The van der Waals surface area contributed by atoms with Crippen LogP contribution in [0.5, 0.6) is 0 Å². The van der Waals surface area contributed by atoms with Gasteiger partial charge in [-0.15, -0.1) is 11.8 Å². The van der Waals surface area contributed by atoms with Crippen LogP contribution in [0.15, 0.2) is 65.6 Å². The van der Waals surface area contributed by atoms with Crippen LogP contribution in [-0.4, -0.2) is 24.2 Å². The number of nitrogens with one attached hydrogen (secondary N) is 1. The Morgan fingerprint density at radius 2 is 1.75 bits per heavy atom. The Hall–Kier alpha value is -2.79. The van der Waals surface area contributed by atoms with Gasteiger partial charge in [0.15, 0.2) is 6.61 Å². The largest absolute Gasteiger partial charge is 0.455 e. The Bertz CT molecular complexity index is 1030. The van der Waals surface area contributed by atoms with Crippen LogP contribution in [0.2, 0.25) is 0 Å². The van der Waals surface area contributed by atoms with E-state index in [0.29, 0.717) is 0 Å². The maximum absolute atomic E-state index is 12.0. The molecule has 3 aromatic rings. The van der Waals surface area contributed by atoms with E-state index < -0.39 is 5.97 Å². The van der Waals surface area contributed by atoms with E-state index in [-0.39, 0.29) is 18.3 Å². The summed E-state index contributed by atoms with van der Waals surface area (Å²) >= 11 is 1.41. The Balaban J connectivity index is 1.24. The summed E-state index contributed by atoms with van der Waals surface area (Å²) < 4.78 is 5.11. The molecule has 0 saturated carbocycles. The van der Waals surface area contributed by atoms with Gasteiger partial charge in [0.2, 0.25) is 0 Å². The maximum Gasteiger partial charge on any atom is 0.316 e. The minimum atomic E-state index is -0.401. The van der Waals surface area contributed by atoms with E-state index in [0.717, 1.165) is 34.2 Å². The molecule has 1 N–H and O–H groups in total. The fourth-order valence-electron chi connectivity index (χ4n) is 3.43. The van der Waals surface area contributed by atoms with Crippen molar-refractivity contribution < 1.29 is 14.3 Å². The monoisotopic (exact) mass is 391 g/mol. The van der Waals surface area contributed by atoms with Crippen molar-refractivity contribution in [2.24, 2.45) is 0 Å². The number of carbonyl (C=O) groups excluding carboxylic acids is 2. The average Bonchev–Trinajstić information content (AvgIpc) is 3.18. The van der Waals surface area contributed by atoms with Crippen LogP contribution in [-0.2, 0) is 27.2 Å². The molecule has 3 aromatic carbocycles. The van der Waals surface area contributed by atoms with Crippen LogP contribution in [0.25, 0.3) is 10.8 Å². The molecule has 0 spiro atoms. The van der Waals surface area contributed by atoms with Gasteiger partial charge >= 0.3 is 5.97 Å². The number of esters is 1. The molecule has 0 fully saturated rings. The molecule has 1 aliphatic rings. The number of amides is 1. The second-order valence-electron chi connectivity index (χ2n) is 6.84. The van der Waals surface area contributed by atoms with Crippen molar-refractivity contribution in [1.82, 2.24) is 0 Å². The summed E-state index contributed by atoms with van der Waals surface area (Å²) in [5.41, 5.74) is 3.41. The van der Waals surface area contributed by atoms with Crippen LogP contribution in [0.4, 0.5) is 5.69 Å². The zero-order valence-corrected chi connectivity index (χ0v) is 16.3. The average molecular weight is 391 g/mol. The lowest BCUT2D eigenvalue weighted by atomic mass is 10.1. The first kappa shape index (κ1) is 18.6. The zero-order valence-electron chi connectivity index (χ0n) is 15.4. The van der Waals surface area contributed by atoms with Gasteiger partial charge in [0.1, 0.15) is 0 Å². The first-order valence-corrected chi connectivity index (χ1v) is 10.3. The van der Waals surface area contributed by atoms with E-state index in [9.17, 15) is 9.59 Å². The van der Waals surface area contributed by atoms with Gasteiger partial charge in [0.25, 0.3) is 5.91 Å². The second-order valence-corrected chi connectivity index (χ2v) is 7.89. The predicted molar refractivity (Wildman–Crippen MR) is 113 cm³/mol. The van der Waals surface area contributed by atoms with Crippen molar-refractivity contribution in [1.29, 1.82) is 0 Å². The fraction of sp³-hybridized carbons (Fsp3) is 0.217. The number of carbonyl (C=O) groups is 2. The Morgan fingerprint density at radius 3 is 2.64 bits per heavy atom. The third-order valence-corrected chi connectivity index (χ3v) is 5.79. The number of rotatable bonds is 6. The van der Waals surface area contributed by atoms with Crippen LogP contribution < -0.4 is 5.32 Å².